The molecule has 0 radical (unpaired) electrons. The molecule has 0 saturated carbocycles. The van der Waals surface area contributed by atoms with Crippen LogP contribution in [0.1, 0.15) is 20.3 Å². The molecule has 1 unspecified atom stereocenters. The van der Waals surface area contributed by atoms with Crippen molar-refractivity contribution in [2.24, 2.45) is 5.92 Å². The highest BCUT2D eigenvalue weighted by Gasteiger charge is 2.21. The van der Waals surface area contributed by atoms with Gasteiger partial charge in [0.1, 0.15) is 17.6 Å². The van der Waals surface area contributed by atoms with E-state index < -0.39 is 12.0 Å². The number of nitrogens with one attached hydrogen (secondary N) is 3. The highest BCUT2D eigenvalue weighted by atomic mass is 32.1. The molecule has 10 heteroatoms. The Balaban J connectivity index is 1.42. The fourth-order valence-electron chi connectivity index (χ4n) is 4.49. The van der Waals surface area contributed by atoms with Gasteiger partial charge < -0.3 is 15.4 Å². The second-order valence-electron chi connectivity index (χ2n) is 9.33. The van der Waals surface area contributed by atoms with Crippen LogP contribution in [0.15, 0.2) is 59.7 Å². The third-order valence-electron chi connectivity index (χ3n) is 6.15. The van der Waals surface area contributed by atoms with Crippen molar-refractivity contribution in [2.75, 3.05) is 5.32 Å². The standard InChI is InChI=1S/C27H24FN7OS/c1-14(2)8-21(36)31-17-9-16(10-29-11-17)24-23(28)22-20(12-30-24)34-35-26(22)27-32-19-5-3-4-18(25(19)33-27)15-6-7-37-13-15/h3-7,9-14,21,31,36H,8H2,1-2H3,(H,32,33)(H,34,35). The molecule has 5 aromatic heterocycles. The summed E-state index contributed by atoms with van der Waals surface area (Å²) < 4.78 is 16.0. The van der Waals surface area contributed by atoms with E-state index in [1.54, 1.807) is 36.0 Å². The van der Waals surface area contributed by atoms with Crippen LogP contribution in [-0.2, 0) is 0 Å². The molecular formula is C27H24FN7OS. The normalized spacial score (nSPS) is 12.6. The average molecular weight is 514 g/mol. The summed E-state index contributed by atoms with van der Waals surface area (Å²) in [6.45, 7) is 4.06. The van der Waals surface area contributed by atoms with Crippen molar-refractivity contribution < 1.29 is 9.50 Å². The lowest BCUT2D eigenvalue weighted by Gasteiger charge is -2.16. The molecule has 0 fully saturated rings. The lowest BCUT2D eigenvalue weighted by Crippen LogP contribution is -2.20. The van der Waals surface area contributed by atoms with E-state index >= 15 is 4.39 Å². The third-order valence-corrected chi connectivity index (χ3v) is 6.84. The number of aliphatic hydroxyl groups is 1. The Bertz CT molecular complexity index is 1710. The number of fused-ring (bicyclic) bond motifs is 2. The molecule has 0 aliphatic rings. The summed E-state index contributed by atoms with van der Waals surface area (Å²) in [5, 5.41) is 24.9. The predicted octanol–water partition coefficient (Wildman–Crippen LogP) is 6.21. The first kappa shape index (κ1) is 23.3. The van der Waals surface area contributed by atoms with Crippen molar-refractivity contribution in [2.45, 2.75) is 26.5 Å². The zero-order chi connectivity index (χ0) is 25.5. The van der Waals surface area contributed by atoms with Crippen LogP contribution < -0.4 is 5.32 Å². The maximum Gasteiger partial charge on any atom is 0.161 e. The van der Waals surface area contributed by atoms with E-state index in [0.29, 0.717) is 46.0 Å². The van der Waals surface area contributed by atoms with Gasteiger partial charge in [0.2, 0.25) is 0 Å². The van der Waals surface area contributed by atoms with Crippen LogP contribution in [0.3, 0.4) is 0 Å². The quantitative estimate of drug-likeness (QED) is 0.189. The number of benzene rings is 1. The summed E-state index contributed by atoms with van der Waals surface area (Å²) in [4.78, 5) is 16.7. The largest absolute Gasteiger partial charge is 0.374 e. The fourth-order valence-corrected chi connectivity index (χ4v) is 5.14. The van der Waals surface area contributed by atoms with Crippen molar-refractivity contribution >= 4 is 39.0 Å². The highest BCUT2D eigenvalue weighted by Crippen LogP contribution is 2.35. The number of hydrogen-bond acceptors (Lipinski definition) is 7. The Morgan fingerprint density at radius 1 is 1.08 bits per heavy atom. The lowest BCUT2D eigenvalue weighted by molar-refractivity contribution is 0.176. The molecule has 0 aliphatic heterocycles. The molecule has 4 N–H and O–H groups in total. The number of hydrogen-bond donors (Lipinski definition) is 4. The minimum atomic E-state index is -0.732. The van der Waals surface area contributed by atoms with Crippen molar-refractivity contribution in [3.63, 3.8) is 0 Å². The van der Waals surface area contributed by atoms with E-state index in [9.17, 15) is 5.11 Å². The summed E-state index contributed by atoms with van der Waals surface area (Å²) in [6, 6.07) is 9.70. The number of aromatic nitrogens is 6. The van der Waals surface area contributed by atoms with E-state index in [1.165, 1.54) is 0 Å². The smallest absolute Gasteiger partial charge is 0.161 e. The Morgan fingerprint density at radius 2 is 1.97 bits per heavy atom. The molecule has 8 nitrogen and oxygen atoms in total. The van der Waals surface area contributed by atoms with Gasteiger partial charge in [0.25, 0.3) is 0 Å². The Labute approximate surface area is 215 Å². The van der Waals surface area contributed by atoms with Crippen LogP contribution in [0, 0.1) is 11.7 Å². The molecule has 5 heterocycles. The van der Waals surface area contributed by atoms with E-state index in [0.717, 1.165) is 22.2 Å². The summed E-state index contributed by atoms with van der Waals surface area (Å²) in [7, 11) is 0. The van der Waals surface area contributed by atoms with Gasteiger partial charge in [0, 0.05) is 17.3 Å². The molecule has 0 amide bonds. The lowest BCUT2D eigenvalue weighted by atomic mass is 10.1. The molecule has 186 valence electrons. The van der Waals surface area contributed by atoms with Gasteiger partial charge in [0.05, 0.1) is 40.0 Å². The molecule has 1 atom stereocenters. The molecule has 0 bridgehead atoms. The van der Waals surface area contributed by atoms with E-state index in [-0.39, 0.29) is 5.69 Å². The van der Waals surface area contributed by atoms with Gasteiger partial charge in [-0.05, 0) is 46.9 Å². The van der Waals surface area contributed by atoms with Gasteiger partial charge in [-0.2, -0.15) is 16.4 Å². The number of aromatic amines is 2. The number of para-hydroxylation sites is 1. The van der Waals surface area contributed by atoms with Gasteiger partial charge in [-0.3, -0.25) is 15.1 Å². The van der Waals surface area contributed by atoms with Gasteiger partial charge in [0.15, 0.2) is 11.6 Å². The van der Waals surface area contributed by atoms with Crippen LogP contribution in [0.5, 0.6) is 0 Å². The topological polar surface area (TPSA) is 115 Å². The number of nitrogens with zero attached hydrogens (tertiary/aromatic N) is 4. The number of imidazole rings is 1. The first-order valence-electron chi connectivity index (χ1n) is 11.9. The zero-order valence-electron chi connectivity index (χ0n) is 20.2. The third kappa shape index (κ3) is 4.34. The molecule has 0 spiro atoms. The molecule has 1 aromatic carbocycles. The fraction of sp³-hybridized carbons (Fsp3) is 0.185. The number of H-pyrrole nitrogens is 2. The Morgan fingerprint density at radius 3 is 2.78 bits per heavy atom. The number of thiophene rings is 1. The van der Waals surface area contributed by atoms with E-state index in [2.05, 4.69) is 35.8 Å². The number of halogens is 1. The zero-order valence-corrected chi connectivity index (χ0v) is 21.0. The van der Waals surface area contributed by atoms with Crippen molar-refractivity contribution in [1.29, 1.82) is 0 Å². The number of rotatable bonds is 7. The molecular weight excluding hydrogens is 489 g/mol. The monoisotopic (exact) mass is 513 g/mol. The average Bonchev–Trinajstić information content (AvgIpc) is 3.62. The summed E-state index contributed by atoms with van der Waals surface area (Å²) in [6.07, 6.45) is 4.53. The highest BCUT2D eigenvalue weighted by molar-refractivity contribution is 7.08. The van der Waals surface area contributed by atoms with Crippen molar-refractivity contribution in [3.8, 4) is 33.9 Å². The number of aliphatic hydroxyl groups excluding tert-OH is 1. The second-order valence-corrected chi connectivity index (χ2v) is 10.1. The maximum atomic E-state index is 16.0. The second kappa shape index (κ2) is 9.38. The van der Waals surface area contributed by atoms with Crippen LogP contribution in [-0.4, -0.2) is 41.5 Å². The molecule has 0 saturated heterocycles. The van der Waals surface area contributed by atoms with E-state index in [4.69, 9.17) is 4.98 Å². The summed E-state index contributed by atoms with van der Waals surface area (Å²) in [5.74, 6) is 0.256. The molecule has 37 heavy (non-hydrogen) atoms. The first-order chi connectivity index (χ1) is 18.0. The number of anilines is 1. The van der Waals surface area contributed by atoms with Crippen molar-refractivity contribution in [1.82, 2.24) is 30.1 Å². The maximum absolute atomic E-state index is 16.0. The van der Waals surface area contributed by atoms with Crippen LogP contribution in [0.2, 0.25) is 0 Å². The molecule has 6 rings (SSSR count). The van der Waals surface area contributed by atoms with Gasteiger partial charge >= 0.3 is 0 Å². The first-order valence-corrected chi connectivity index (χ1v) is 12.9. The SMILES string of the molecule is CC(C)CC(O)Nc1cncc(-c2ncc3[nH]nc(-c4nc5c(-c6ccsc6)cccc5[nH]4)c3c2F)c1. The van der Waals surface area contributed by atoms with E-state index in [1.807, 2.05) is 43.5 Å². The minimum Gasteiger partial charge on any atom is -0.374 e. The summed E-state index contributed by atoms with van der Waals surface area (Å²) >= 11 is 1.62. The van der Waals surface area contributed by atoms with Gasteiger partial charge in [-0.25, -0.2) is 9.37 Å². The molecule has 6 aromatic rings. The Hall–Kier alpha value is -4.15. The summed E-state index contributed by atoms with van der Waals surface area (Å²) in [5.41, 5.74) is 5.76. The number of pyridine rings is 2. The van der Waals surface area contributed by atoms with Gasteiger partial charge in [-0.1, -0.05) is 26.0 Å². The van der Waals surface area contributed by atoms with Crippen LogP contribution in [0.25, 0.3) is 55.8 Å². The molecule has 0 aliphatic carbocycles. The predicted molar refractivity (Wildman–Crippen MR) is 145 cm³/mol. The minimum absolute atomic E-state index is 0.139. The van der Waals surface area contributed by atoms with Crippen LogP contribution in [0.4, 0.5) is 10.1 Å². The Kier molecular flexibility index (Phi) is 5.90. The van der Waals surface area contributed by atoms with Gasteiger partial charge in [-0.15, -0.1) is 0 Å². The van der Waals surface area contributed by atoms with Crippen molar-refractivity contribution in [3.05, 3.63) is 65.5 Å². The van der Waals surface area contributed by atoms with Crippen LogP contribution >= 0.6 is 11.3 Å².